The second kappa shape index (κ2) is 5.90. The molecule has 1 atom stereocenters. The Bertz CT molecular complexity index is 889. The Morgan fingerprint density at radius 2 is 2.00 bits per heavy atom. The van der Waals surface area contributed by atoms with Crippen LogP contribution in [0.1, 0.15) is 43.7 Å². The molecule has 1 aromatic carbocycles. The Morgan fingerprint density at radius 1 is 1.31 bits per heavy atom. The lowest BCUT2D eigenvalue weighted by Gasteiger charge is -2.37. The zero-order valence-corrected chi connectivity index (χ0v) is 14.3. The lowest BCUT2D eigenvalue weighted by molar-refractivity contribution is -0.137. The molecule has 7 heteroatoms. The SMILES string of the molecule is CC1(C)CC(=O)C2=C(C1)OC(N)=C(C#N)[C@H]2c1cccc(C(F)(F)F)c1. The van der Waals surface area contributed by atoms with Crippen LogP contribution in [-0.4, -0.2) is 5.78 Å². The summed E-state index contributed by atoms with van der Waals surface area (Å²) in [5, 5.41) is 9.48. The van der Waals surface area contributed by atoms with Crippen LogP contribution in [0.15, 0.2) is 47.1 Å². The van der Waals surface area contributed by atoms with E-state index >= 15 is 0 Å². The highest BCUT2D eigenvalue weighted by atomic mass is 19.4. The minimum Gasteiger partial charge on any atom is -0.444 e. The fraction of sp³-hybridized carbons (Fsp3) is 0.368. The van der Waals surface area contributed by atoms with Crippen LogP contribution in [0, 0.1) is 16.7 Å². The molecule has 2 N–H and O–H groups in total. The van der Waals surface area contributed by atoms with E-state index < -0.39 is 17.7 Å². The summed E-state index contributed by atoms with van der Waals surface area (Å²) >= 11 is 0. The van der Waals surface area contributed by atoms with Gasteiger partial charge < -0.3 is 10.5 Å². The number of alkyl halides is 3. The largest absolute Gasteiger partial charge is 0.444 e. The molecule has 0 radical (unpaired) electrons. The van der Waals surface area contributed by atoms with Crippen LogP contribution in [0.2, 0.25) is 0 Å². The quantitative estimate of drug-likeness (QED) is 0.814. The van der Waals surface area contributed by atoms with Gasteiger partial charge in [0.05, 0.1) is 11.5 Å². The van der Waals surface area contributed by atoms with Crippen molar-refractivity contribution >= 4 is 5.78 Å². The zero-order chi connectivity index (χ0) is 19.3. The van der Waals surface area contributed by atoms with Crippen LogP contribution in [0.25, 0.3) is 0 Å². The number of carbonyl (C=O) groups is 1. The number of carbonyl (C=O) groups excluding carboxylic acids is 1. The molecule has 0 bridgehead atoms. The molecule has 136 valence electrons. The average molecular weight is 362 g/mol. The highest BCUT2D eigenvalue weighted by molar-refractivity contribution is 6.00. The number of hydrogen-bond donors (Lipinski definition) is 1. The van der Waals surface area contributed by atoms with Crippen LogP contribution in [0.3, 0.4) is 0 Å². The first kappa shape index (κ1) is 18.1. The van der Waals surface area contributed by atoms with Crippen molar-refractivity contribution in [2.45, 2.75) is 38.8 Å². The minimum absolute atomic E-state index is 0.0452. The maximum absolute atomic E-state index is 13.1. The lowest BCUT2D eigenvalue weighted by Crippen LogP contribution is -2.33. The molecule has 2 aliphatic rings. The molecule has 1 aliphatic carbocycles. The Balaban J connectivity index is 2.19. The van der Waals surface area contributed by atoms with Gasteiger partial charge >= 0.3 is 6.18 Å². The van der Waals surface area contributed by atoms with Crippen LogP contribution in [-0.2, 0) is 15.7 Å². The van der Waals surface area contributed by atoms with Crippen LogP contribution < -0.4 is 5.73 Å². The Morgan fingerprint density at radius 3 is 2.62 bits per heavy atom. The first-order chi connectivity index (χ1) is 12.0. The third kappa shape index (κ3) is 3.07. The highest BCUT2D eigenvalue weighted by Crippen LogP contribution is 2.48. The Kier molecular flexibility index (Phi) is 4.10. The van der Waals surface area contributed by atoms with Crippen LogP contribution in [0.5, 0.6) is 0 Å². The number of rotatable bonds is 1. The maximum Gasteiger partial charge on any atom is 0.416 e. The molecular weight excluding hydrogens is 345 g/mol. The number of nitrogens with zero attached hydrogens (tertiary/aromatic N) is 1. The third-order valence-electron chi connectivity index (χ3n) is 4.62. The van der Waals surface area contributed by atoms with Gasteiger partial charge in [-0.15, -0.1) is 0 Å². The number of nitrogens with two attached hydrogens (primary N) is 1. The van der Waals surface area contributed by atoms with Gasteiger partial charge in [0.1, 0.15) is 17.4 Å². The van der Waals surface area contributed by atoms with E-state index in [2.05, 4.69) is 0 Å². The molecule has 0 unspecified atom stereocenters. The molecule has 4 nitrogen and oxygen atoms in total. The van der Waals surface area contributed by atoms with Gasteiger partial charge in [-0.3, -0.25) is 4.79 Å². The van der Waals surface area contributed by atoms with E-state index in [1.807, 2.05) is 19.9 Å². The normalized spacial score (nSPS) is 22.6. The predicted molar refractivity (Wildman–Crippen MR) is 87.1 cm³/mol. The number of allylic oxidation sites excluding steroid dienone is 3. The monoisotopic (exact) mass is 362 g/mol. The number of nitriles is 1. The number of Topliss-reactive ketones (excluding diaryl/α,β-unsaturated/α-hetero) is 1. The molecule has 0 saturated carbocycles. The summed E-state index contributed by atoms with van der Waals surface area (Å²) in [6.07, 6.45) is -3.88. The van der Waals surface area contributed by atoms with Gasteiger partial charge in [0, 0.05) is 18.4 Å². The van der Waals surface area contributed by atoms with Gasteiger partial charge in [0.2, 0.25) is 5.88 Å². The molecule has 1 heterocycles. The van der Waals surface area contributed by atoms with E-state index in [9.17, 15) is 23.2 Å². The van der Waals surface area contributed by atoms with E-state index in [1.165, 1.54) is 12.1 Å². The van der Waals surface area contributed by atoms with E-state index in [4.69, 9.17) is 10.5 Å². The van der Waals surface area contributed by atoms with Crippen molar-refractivity contribution in [2.24, 2.45) is 11.1 Å². The zero-order valence-electron chi connectivity index (χ0n) is 14.3. The number of benzene rings is 1. The Hall–Kier alpha value is -2.75. The lowest BCUT2D eigenvalue weighted by atomic mass is 9.70. The molecule has 3 rings (SSSR count). The van der Waals surface area contributed by atoms with Crippen LogP contribution >= 0.6 is 0 Å². The van der Waals surface area contributed by atoms with E-state index in [0.717, 1.165) is 12.1 Å². The topological polar surface area (TPSA) is 76.1 Å². The smallest absolute Gasteiger partial charge is 0.416 e. The molecule has 1 aliphatic heterocycles. The molecule has 0 amide bonds. The van der Waals surface area contributed by atoms with E-state index in [0.29, 0.717) is 12.2 Å². The molecule has 1 aromatic rings. The van der Waals surface area contributed by atoms with Gasteiger partial charge in [-0.25, -0.2) is 0 Å². The van der Waals surface area contributed by atoms with Gasteiger partial charge in [-0.2, -0.15) is 18.4 Å². The summed E-state index contributed by atoms with van der Waals surface area (Å²) in [5.41, 5.74) is 5.04. The average Bonchev–Trinajstić information content (AvgIpc) is 2.51. The second-order valence-corrected chi connectivity index (χ2v) is 7.33. The summed E-state index contributed by atoms with van der Waals surface area (Å²) in [6, 6.07) is 6.53. The molecule has 26 heavy (non-hydrogen) atoms. The minimum atomic E-state index is -4.53. The van der Waals surface area contributed by atoms with Crippen molar-refractivity contribution in [1.29, 1.82) is 5.26 Å². The van der Waals surface area contributed by atoms with Crippen LogP contribution in [0.4, 0.5) is 13.2 Å². The summed E-state index contributed by atoms with van der Waals surface area (Å²) in [5.74, 6) is -1.02. The summed E-state index contributed by atoms with van der Waals surface area (Å²) in [4.78, 5) is 12.7. The first-order valence-electron chi connectivity index (χ1n) is 8.04. The molecular formula is C19H17F3N2O2. The number of halogens is 3. The van der Waals surface area contributed by atoms with Crippen molar-refractivity contribution in [2.75, 3.05) is 0 Å². The highest BCUT2D eigenvalue weighted by Gasteiger charge is 2.43. The van der Waals surface area contributed by atoms with E-state index in [-0.39, 0.29) is 40.2 Å². The fourth-order valence-electron chi connectivity index (χ4n) is 3.51. The summed E-state index contributed by atoms with van der Waals surface area (Å²) in [6.45, 7) is 3.80. The molecule has 0 aromatic heterocycles. The maximum atomic E-state index is 13.1. The first-order valence-corrected chi connectivity index (χ1v) is 8.04. The molecule has 0 fully saturated rings. The van der Waals surface area contributed by atoms with Crippen molar-refractivity contribution in [3.63, 3.8) is 0 Å². The number of hydrogen-bond acceptors (Lipinski definition) is 4. The van der Waals surface area contributed by atoms with Crippen molar-refractivity contribution < 1.29 is 22.7 Å². The summed E-state index contributed by atoms with van der Waals surface area (Å²) in [7, 11) is 0. The van der Waals surface area contributed by atoms with Crippen molar-refractivity contribution in [1.82, 2.24) is 0 Å². The van der Waals surface area contributed by atoms with Crippen molar-refractivity contribution in [3.05, 3.63) is 58.2 Å². The van der Waals surface area contributed by atoms with Gasteiger partial charge in [0.25, 0.3) is 0 Å². The second-order valence-electron chi connectivity index (χ2n) is 7.33. The van der Waals surface area contributed by atoms with Gasteiger partial charge in [-0.05, 0) is 17.0 Å². The molecule has 0 spiro atoms. The number of ether oxygens (including phenoxy) is 1. The summed E-state index contributed by atoms with van der Waals surface area (Å²) < 4.78 is 44.8. The Labute approximate surface area is 148 Å². The van der Waals surface area contributed by atoms with Gasteiger partial charge in [-0.1, -0.05) is 32.0 Å². The van der Waals surface area contributed by atoms with E-state index in [1.54, 1.807) is 0 Å². The standard InChI is InChI=1S/C19H17F3N2O2/c1-18(2)7-13(25)16-14(8-18)26-17(24)12(9-23)15(16)10-4-3-5-11(6-10)19(20,21)22/h3-6,15H,7-8,24H2,1-2H3/t15-/m1/s1. The fourth-order valence-corrected chi connectivity index (χ4v) is 3.51. The number of ketones is 1. The predicted octanol–water partition coefficient (Wildman–Crippen LogP) is 4.16. The molecule has 0 saturated heterocycles. The van der Waals surface area contributed by atoms with Gasteiger partial charge in [0.15, 0.2) is 5.78 Å². The third-order valence-corrected chi connectivity index (χ3v) is 4.62. The van der Waals surface area contributed by atoms with Crippen molar-refractivity contribution in [3.8, 4) is 6.07 Å².